The molecule has 0 aliphatic heterocycles. The number of hydrogen-bond donors (Lipinski definition) is 4. The molecule has 0 spiro atoms. The van der Waals surface area contributed by atoms with Crippen LogP contribution in [0.4, 0.5) is 5.95 Å². The lowest BCUT2D eigenvalue weighted by Crippen LogP contribution is -2.21. The average molecular weight is 464 g/mol. The highest BCUT2D eigenvalue weighted by molar-refractivity contribution is 5.94. The number of hydrogen-bond acceptors (Lipinski definition) is 6. The maximum absolute atomic E-state index is 10.0. The third-order valence-corrected chi connectivity index (χ3v) is 7.27. The van der Waals surface area contributed by atoms with Crippen LogP contribution in [-0.2, 0) is 6.54 Å². The highest BCUT2D eigenvalue weighted by Gasteiger charge is 2.26. The highest BCUT2D eigenvalue weighted by Crippen LogP contribution is 2.37. The quantitative estimate of drug-likeness (QED) is 0.336. The highest BCUT2D eigenvalue weighted by atomic mass is 16.3. The van der Waals surface area contributed by atoms with Crippen molar-refractivity contribution in [2.75, 3.05) is 18.5 Å². The van der Waals surface area contributed by atoms with Crippen LogP contribution in [0.1, 0.15) is 63.5 Å². The van der Waals surface area contributed by atoms with Crippen LogP contribution in [0, 0.1) is 5.92 Å². The van der Waals surface area contributed by atoms with Gasteiger partial charge in [0.1, 0.15) is 5.65 Å². The first-order chi connectivity index (χ1) is 16.6. The van der Waals surface area contributed by atoms with E-state index in [0.29, 0.717) is 24.6 Å². The van der Waals surface area contributed by atoms with Crippen molar-refractivity contribution < 1.29 is 10.2 Å². The zero-order valence-corrected chi connectivity index (χ0v) is 20.1. The minimum atomic E-state index is -0.181. The van der Waals surface area contributed by atoms with E-state index in [2.05, 4.69) is 57.6 Å². The van der Waals surface area contributed by atoms with Crippen LogP contribution >= 0.6 is 0 Å². The molecular formula is C27H37N5O2. The lowest BCUT2D eigenvalue weighted by molar-refractivity contribution is 0.111. The molecule has 4 N–H and O–H groups in total. The van der Waals surface area contributed by atoms with Gasteiger partial charge >= 0.3 is 0 Å². The number of rotatable bonds is 10. The summed E-state index contributed by atoms with van der Waals surface area (Å²) in [6, 6.07) is 9.29. The van der Waals surface area contributed by atoms with E-state index in [1.807, 2.05) is 6.20 Å². The van der Waals surface area contributed by atoms with Crippen LogP contribution in [0.5, 0.6) is 0 Å². The van der Waals surface area contributed by atoms with Crippen molar-refractivity contribution >= 4 is 17.0 Å². The van der Waals surface area contributed by atoms with Gasteiger partial charge in [0, 0.05) is 48.5 Å². The maximum atomic E-state index is 10.0. The van der Waals surface area contributed by atoms with E-state index < -0.39 is 0 Å². The Hall–Kier alpha value is -2.48. The molecule has 2 fully saturated rings. The molecule has 1 unspecified atom stereocenters. The van der Waals surface area contributed by atoms with Crippen LogP contribution in [0.15, 0.2) is 36.7 Å². The van der Waals surface area contributed by atoms with E-state index in [-0.39, 0.29) is 12.7 Å². The van der Waals surface area contributed by atoms with Crippen LogP contribution in [0.3, 0.4) is 0 Å². The van der Waals surface area contributed by atoms with Gasteiger partial charge in [-0.25, -0.2) is 4.98 Å². The number of nitrogens with one attached hydrogen (secondary N) is 2. The van der Waals surface area contributed by atoms with Crippen molar-refractivity contribution in [2.45, 2.75) is 76.6 Å². The van der Waals surface area contributed by atoms with Crippen molar-refractivity contribution in [3.8, 4) is 11.1 Å². The van der Waals surface area contributed by atoms with Gasteiger partial charge in [-0.1, -0.05) is 37.1 Å². The summed E-state index contributed by atoms with van der Waals surface area (Å²) >= 11 is 0. The lowest BCUT2D eigenvalue weighted by Gasteiger charge is -2.27. The largest absolute Gasteiger partial charge is 0.395 e. The number of anilines is 1. The third-order valence-electron chi connectivity index (χ3n) is 7.27. The maximum Gasteiger partial charge on any atom is 0.224 e. The van der Waals surface area contributed by atoms with Gasteiger partial charge in [-0.3, -0.25) is 0 Å². The van der Waals surface area contributed by atoms with Crippen molar-refractivity contribution in [3.63, 3.8) is 0 Å². The Bertz CT molecular complexity index is 1080. The van der Waals surface area contributed by atoms with E-state index in [0.717, 1.165) is 60.3 Å². The number of aromatic nitrogens is 3. The molecule has 0 saturated heterocycles. The molecule has 3 aromatic rings. The Morgan fingerprint density at radius 2 is 1.85 bits per heavy atom. The number of benzene rings is 1. The third kappa shape index (κ3) is 5.43. The Kier molecular flexibility index (Phi) is 7.13. The smallest absolute Gasteiger partial charge is 0.224 e. The fraction of sp³-hybridized carbons (Fsp3) is 0.556. The van der Waals surface area contributed by atoms with Gasteiger partial charge in [0.05, 0.1) is 12.7 Å². The number of fused-ring (bicyclic) bond motifs is 1. The molecule has 0 bridgehead atoms. The van der Waals surface area contributed by atoms with Crippen LogP contribution in [0.25, 0.3) is 22.2 Å². The minimum absolute atomic E-state index is 0.145. The summed E-state index contributed by atoms with van der Waals surface area (Å²) < 4.78 is 2.33. The summed E-state index contributed by atoms with van der Waals surface area (Å²) in [6.07, 6.45) is 11.5. The molecule has 5 rings (SSSR count). The van der Waals surface area contributed by atoms with Crippen molar-refractivity contribution in [2.24, 2.45) is 5.92 Å². The fourth-order valence-electron chi connectivity index (χ4n) is 5.19. The van der Waals surface area contributed by atoms with E-state index in [1.165, 1.54) is 24.8 Å². The van der Waals surface area contributed by atoms with Gasteiger partial charge in [-0.05, 0) is 56.1 Å². The van der Waals surface area contributed by atoms with Gasteiger partial charge < -0.3 is 25.4 Å². The molecule has 0 radical (unpaired) electrons. The predicted molar refractivity (Wildman–Crippen MR) is 136 cm³/mol. The number of nitrogens with zero attached hydrogens (tertiary/aromatic N) is 3. The average Bonchev–Trinajstić information content (AvgIpc) is 3.58. The molecule has 34 heavy (non-hydrogen) atoms. The van der Waals surface area contributed by atoms with E-state index >= 15 is 0 Å². The second-order valence-electron chi connectivity index (χ2n) is 10.2. The SMILES string of the molecule is CC(CC1CC1)Nc1ncc2c(-c3ccc(CNCCO)cc3)cn(C3CCC(O)CC3)c2n1. The summed E-state index contributed by atoms with van der Waals surface area (Å²) in [6.45, 7) is 3.70. The molecule has 2 aliphatic carbocycles. The summed E-state index contributed by atoms with van der Waals surface area (Å²) in [5.74, 6) is 1.56. The first-order valence-corrected chi connectivity index (χ1v) is 12.8. The van der Waals surface area contributed by atoms with Crippen LogP contribution in [0.2, 0.25) is 0 Å². The van der Waals surface area contributed by atoms with E-state index in [9.17, 15) is 5.11 Å². The topological polar surface area (TPSA) is 95.2 Å². The molecule has 2 aromatic heterocycles. The molecule has 7 heteroatoms. The molecule has 2 saturated carbocycles. The van der Waals surface area contributed by atoms with Crippen LogP contribution < -0.4 is 10.6 Å². The second kappa shape index (κ2) is 10.4. The summed E-state index contributed by atoms with van der Waals surface area (Å²) in [5, 5.41) is 26.8. The monoisotopic (exact) mass is 463 g/mol. The molecule has 2 aliphatic rings. The zero-order valence-electron chi connectivity index (χ0n) is 20.1. The predicted octanol–water partition coefficient (Wildman–Crippen LogP) is 4.26. The van der Waals surface area contributed by atoms with Crippen LogP contribution in [-0.4, -0.2) is 50.0 Å². The van der Waals surface area contributed by atoms with Gasteiger partial charge in [-0.2, -0.15) is 4.98 Å². The van der Waals surface area contributed by atoms with Gasteiger partial charge in [-0.15, -0.1) is 0 Å². The van der Waals surface area contributed by atoms with E-state index in [1.54, 1.807) is 0 Å². The first-order valence-electron chi connectivity index (χ1n) is 12.8. The van der Waals surface area contributed by atoms with Gasteiger partial charge in [0.25, 0.3) is 0 Å². The molecule has 7 nitrogen and oxygen atoms in total. The molecule has 182 valence electrons. The molecule has 1 aromatic carbocycles. The standard InChI is InChI=1S/C27H37N5O2/c1-18(14-19-2-3-19)30-27-29-16-24-25(21-6-4-20(5-7-21)15-28-12-13-33)17-32(26(24)31-27)22-8-10-23(34)11-9-22/h4-7,16-19,22-23,28,33-34H,2-3,8-15H2,1H3,(H,29,30,31). The molecule has 1 atom stereocenters. The zero-order chi connectivity index (χ0) is 23.5. The second-order valence-corrected chi connectivity index (χ2v) is 10.2. The Balaban J connectivity index is 1.45. The van der Waals surface area contributed by atoms with Gasteiger partial charge in [0.15, 0.2) is 0 Å². The summed E-state index contributed by atoms with van der Waals surface area (Å²) in [4.78, 5) is 9.68. The Labute approximate surface area is 201 Å². The first kappa shape index (κ1) is 23.3. The Morgan fingerprint density at radius 1 is 1.09 bits per heavy atom. The number of aliphatic hydroxyl groups is 2. The van der Waals surface area contributed by atoms with Gasteiger partial charge in [0.2, 0.25) is 5.95 Å². The van der Waals surface area contributed by atoms with E-state index in [4.69, 9.17) is 10.1 Å². The lowest BCUT2D eigenvalue weighted by atomic mass is 9.93. The summed E-state index contributed by atoms with van der Waals surface area (Å²) in [5.41, 5.74) is 4.46. The minimum Gasteiger partial charge on any atom is -0.395 e. The summed E-state index contributed by atoms with van der Waals surface area (Å²) in [7, 11) is 0. The molecular weight excluding hydrogens is 426 g/mol. The molecule has 0 amide bonds. The van der Waals surface area contributed by atoms with Crippen molar-refractivity contribution in [1.82, 2.24) is 19.9 Å². The van der Waals surface area contributed by atoms with Crippen molar-refractivity contribution in [3.05, 3.63) is 42.2 Å². The number of aliphatic hydroxyl groups excluding tert-OH is 2. The normalized spacial score (nSPS) is 21.6. The Morgan fingerprint density at radius 3 is 2.56 bits per heavy atom. The van der Waals surface area contributed by atoms with Crippen molar-refractivity contribution in [1.29, 1.82) is 0 Å². The fourth-order valence-corrected chi connectivity index (χ4v) is 5.19. The molecule has 2 heterocycles.